The fourth-order valence-electron chi connectivity index (χ4n) is 1.77. The molecule has 13 heavy (non-hydrogen) atoms. The highest BCUT2D eigenvalue weighted by Gasteiger charge is 2.11. The first-order valence-corrected chi connectivity index (χ1v) is 5.85. The molecule has 0 radical (unpaired) electrons. The van der Waals surface area contributed by atoms with Crippen molar-refractivity contribution in [2.24, 2.45) is 5.92 Å². The van der Waals surface area contributed by atoms with Crippen LogP contribution in [-0.4, -0.2) is 24.0 Å². The molecule has 0 aromatic carbocycles. The van der Waals surface area contributed by atoms with E-state index in [0.29, 0.717) is 0 Å². The van der Waals surface area contributed by atoms with Crippen LogP contribution >= 0.6 is 0 Å². The predicted octanol–water partition coefficient (Wildman–Crippen LogP) is 3.54. The Hall–Kier alpha value is -0.0400. The average molecular weight is 185 g/mol. The van der Waals surface area contributed by atoms with Gasteiger partial charge in [-0.3, -0.25) is 0 Å². The van der Waals surface area contributed by atoms with Crippen molar-refractivity contribution >= 4 is 0 Å². The van der Waals surface area contributed by atoms with Gasteiger partial charge in [0.1, 0.15) is 0 Å². The molecule has 1 unspecified atom stereocenters. The molecule has 0 aliphatic rings. The van der Waals surface area contributed by atoms with E-state index in [-0.39, 0.29) is 0 Å². The smallest absolute Gasteiger partial charge is 0.00669 e. The van der Waals surface area contributed by atoms with Gasteiger partial charge in [-0.1, -0.05) is 40.5 Å². The second kappa shape index (κ2) is 7.37. The summed E-state index contributed by atoms with van der Waals surface area (Å²) in [6.45, 7) is 14.0. The van der Waals surface area contributed by atoms with E-state index in [2.05, 4.69) is 39.5 Å². The first kappa shape index (κ1) is 13.0. The number of unbranched alkanes of at least 4 members (excludes halogenated alkanes) is 1. The van der Waals surface area contributed by atoms with Gasteiger partial charge in [0.25, 0.3) is 0 Å². The molecule has 0 fully saturated rings. The van der Waals surface area contributed by atoms with Crippen LogP contribution < -0.4 is 0 Å². The van der Waals surface area contributed by atoms with Crippen LogP contribution in [0.2, 0.25) is 0 Å². The maximum absolute atomic E-state index is 2.60. The summed E-state index contributed by atoms with van der Waals surface area (Å²) in [4.78, 5) is 2.60. The zero-order chi connectivity index (χ0) is 10.3. The van der Waals surface area contributed by atoms with Gasteiger partial charge in [-0.2, -0.15) is 0 Å². The van der Waals surface area contributed by atoms with E-state index in [0.717, 1.165) is 12.0 Å². The molecule has 0 aliphatic carbocycles. The van der Waals surface area contributed by atoms with Gasteiger partial charge in [-0.05, 0) is 25.8 Å². The first-order valence-electron chi connectivity index (χ1n) is 5.85. The van der Waals surface area contributed by atoms with Crippen LogP contribution in [0.1, 0.15) is 53.9 Å². The fourth-order valence-corrected chi connectivity index (χ4v) is 1.77. The van der Waals surface area contributed by atoms with E-state index >= 15 is 0 Å². The van der Waals surface area contributed by atoms with Crippen LogP contribution in [0, 0.1) is 5.92 Å². The molecule has 80 valence electrons. The maximum atomic E-state index is 2.60. The summed E-state index contributed by atoms with van der Waals surface area (Å²) in [7, 11) is 0. The third-order valence-corrected chi connectivity index (χ3v) is 2.60. The minimum absolute atomic E-state index is 0.771. The Morgan fingerprint density at radius 3 is 2.08 bits per heavy atom. The zero-order valence-corrected chi connectivity index (χ0v) is 10.1. The standard InChI is InChI=1S/C12H27N/c1-6-8-9-12(5)13(7-2)10-11(3)4/h11-12H,6-10H2,1-5H3. The van der Waals surface area contributed by atoms with E-state index < -0.39 is 0 Å². The summed E-state index contributed by atoms with van der Waals surface area (Å²) in [6.07, 6.45) is 4.05. The SMILES string of the molecule is CCCCC(C)N(CC)CC(C)C. The van der Waals surface area contributed by atoms with E-state index in [4.69, 9.17) is 0 Å². The summed E-state index contributed by atoms with van der Waals surface area (Å²) in [5.74, 6) is 0.795. The molecule has 0 aliphatic heterocycles. The zero-order valence-electron chi connectivity index (χ0n) is 10.1. The Balaban J connectivity index is 3.77. The molecule has 0 bridgehead atoms. The highest BCUT2D eigenvalue weighted by atomic mass is 15.1. The molecule has 0 aromatic heterocycles. The molecule has 0 rings (SSSR count). The molecule has 0 N–H and O–H groups in total. The third-order valence-electron chi connectivity index (χ3n) is 2.60. The van der Waals surface area contributed by atoms with Crippen molar-refractivity contribution in [3.63, 3.8) is 0 Å². The van der Waals surface area contributed by atoms with Crippen LogP contribution in [0.5, 0.6) is 0 Å². The number of hydrogen-bond donors (Lipinski definition) is 0. The van der Waals surface area contributed by atoms with Crippen molar-refractivity contribution < 1.29 is 0 Å². The molecule has 0 saturated carbocycles. The predicted molar refractivity (Wildman–Crippen MR) is 61.1 cm³/mol. The molecule has 1 heteroatoms. The Labute approximate surface area is 84.5 Å². The van der Waals surface area contributed by atoms with Gasteiger partial charge < -0.3 is 4.90 Å². The molecule has 0 amide bonds. The minimum atomic E-state index is 0.771. The normalized spacial score (nSPS) is 14.1. The van der Waals surface area contributed by atoms with E-state index in [9.17, 15) is 0 Å². The van der Waals surface area contributed by atoms with Crippen molar-refractivity contribution in [3.05, 3.63) is 0 Å². The maximum Gasteiger partial charge on any atom is 0.00669 e. The highest BCUT2D eigenvalue weighted by Crippen LogP contribution is 2.10. The highest BCUT2D eigenvalue weighted by molar-refractivity contribution is 4.67. The topological polar surface area (TPSA) is 3.24 Å². The Morgan fingerprint density at radius 1 is 1.08 bits per heavy atom. The summed E-state index contributed by atoms with van der Waals surface area (Å²) in [5.41, 5.74) is 0. The Morgan fingerprint density at radius 2 is 1.69 bits per heavy atom. The van der Waals surface area contributed by atoms with Crippen molar-refractivity contribution in [2.75, 3.05) is 13.1 Å². The van der Waals surface area contributed by atoms with E-state index in [1.165, 1.54) is 32.4 Å². The molecule has 0 spiro atoms. The van der Waals surface area contributed by atoms with Crippen LogP contribution in [0.15, 0.2) is 0 Å². The van der Waals surface area contributed by atoms with Crippen molar-refractivity contribution in [1.82, 2.24) is 4.90 Å². The number of rotatable bonds is 7. The Kier molecular flexibility index (Phi) is 7.35. The van der Waals surface area contributed by atoms with Crippen LogP contribution in [0.3, 0.4) is 0 Å². The van der Waals surface area contributed by atoms with Gasteiger partial charge in [0.05, 0.1) is 0 Å². The van der Waals surface area contributed by atoms with Crippen molar-refractivity contribution in [1.29, 1.82) is 0 Å². The average Bonchev–Trinajstić information content (AvgIpc) is 2.09. The Bertz CT molecular complexity index is 110. The molecule has 0 heterocycles. The van der Waals surface area contributed by atoms with Crippen LogP contribution in [0.25, 0.3) is 0 Å². The monoisotopic (exact) mass is 185 g/mol. The van der Waals surface area contributed by atoms with Crippen molar-refractivity contribution in [2.45, 2.75) is 59.9 Å². The first-order chi connectivity index (χ1) is 6.11. The summed E-state index contributed by atoms with van der Waals surface area (Å²) in [5, 5.41) is 0. The summed E-state index contributed by atoms with van der Waals surface area (Å²) < 4.78 is 0. The molecule has 0 aromatic rings. The van der Waals surface area contributed by atoms with Gasteiger partial charge in [0, 0.05) is 12.6 Å². The van der Waals surface area contributed by atoms with Gasteiger partial charge in [-0.15, -0.1) is 0 Å². The second-order valence-corrected chi connectivity index (χ2v) is 4.47. The molecule has 1 nitrogen and oxygen atoms in total. The van der Waals surface area contributed by atoms with Gasteiger partial charge >= 0.3 is 0 Å². The quantitative estimate of drug-likeness (QED) is 0.586. The van der Waals surface area contributed by atoms with Crippen LogP contribution in [-0.2, 0) is 0 Å². The van der Waals surface area contributed by atoms with Crippen molar-refractivity contribution in [3.8, 4) is 0 Å². The molecule has 0 saturated heterocycles. The number of nitrogens with zero attached hydrogens (tertiary/aromatic N) is 1. The van der Waals surface area contributed by atoms with Gasteiger partial charge in [-0.25, -0.2) is 0 Å². The molecule has 1 atom stereocenters. The number of hydrogen-bond acceptors (Lipinski definition) is 1. The lowest BCUT2D eigenvalue weighted by atomic mass is 10.1. The summed E-state index contributed by atoms with van der Waals surface area (Å²) >= 11 is 0. The minimum Gasteiger partial charge on any atom is -0.301 e. The van der Waals surface area contributed by atoms with Crippen LogP contribution in [0.4, 0.5) is 0 Å². The lowest BCUT2D eigenvalue weighted by Crippen LogP contribution is -2.35. The third kappa shape index (κ3) is 6.09. The lowest BCUT2D eigenvalue weighted by molar-refractivity contribution is 0.185. The summed E-state index contributed by atoms with van der Waals surface area (Å²) in [6, 6.07) is 0.771. The molecular formula is C12H27N. The largest absolute Gasteiger partial charge is 0.301 e. The second-order valence-electron chi connectivity index (χ2n) is 4.47. The van der Waals surface area contributed by atoms with E-state index in [1.807, 2.05) is 0 Å². The van der Waals surface area contributed by atoms with Gasteiger partial charge in [0.2, 0.25) is 0 Å². The fraction of sp³-hybridized carbons (Fsp3) is 1.00. The van der Waals surface area contributed by atoms with E-state index in [1.54, 1.807) is 0 Å². The lowest BCUT2D eigenvalue weighted by Gasteiger charge is -2.29. The molecular weight excluding hydrogens is 158 g/mol. The van der Waals surface area contributed by atoms with Gasteiger partial charge in [0.15, 0.2) is 0 Å².